The maximum absolute atomic E-state index is 13.3. The van der Waals surface area contributed by atoms with Crippen LogP contribution in [0.1, 0.15) is 11.3 Å². The van der Waals surface area contributed by atoms with Gasteiger partial charge in [0.2, 0.25) is 0 Å². The third-order valence-electron chi connectivity index (χ3n) is 5.85. The van der Waals surface area contributed by atoms with Crippen molar-refractivity contribution in [2.45, 2.75) is 13.5 Å². The second-order valence-corrected chi connectivity index (χ2v) is 8.42. The van der Waals surface area contributed by atoms with E-state index < -0.39 is 0 Å². The van der Waals surface area contributed by atoms with Gasteiger partial charge in [-0.25, -0.2) is 9.50 Å². The molecule has 2 aromatic carbocycles. The topological polar surface area (TPSA) is 70.7 Å². The van der Waals surface area contributed by atoms with Crippen molar-refractivity contribution in [3.05, 3.63) is 87.6 Å². The number of benzene rings is 2. The van der Waals surface area contributed by atoms with Crippen LogP contribution in [-0.2, 0) is 6.54 Å². The molecule has 1 aliphatic rings. The molecule has 0 N–H and O–H groups in total. The number of aryl methyl sites for hydroxylation is 1. The molecule has 8 heteroatoms. The Hall–Kier alpha value is -3.84. The van der Waals surface area contributed by atoms with Gasteiger partial charge >= 0.3 is 0 Å². The van der Waals surface area contributed by atoms with Gasteiger partial charge in [-0.15, -0.1) is 0 Å². The molecule has 0 saturated carbocycles. The summed E-state index contributed by atoms with van der Waals surface area (Å²) < 4.78 is 14.7. The van der Waals surface area contributed by atoms with Crippen LogP contribution in [-0.4, -0.2) is 32.4 Å². The largest absolute Gasteiger partial charge is 0.486 e. The van der Waals surface area contributed by atoms with Gasteiger partial charge in [-0.2, -0.15) is 5.10 Å². The maximum Gasteiger partial charge on any atom is 0.261 e. The number of nitrogens with zero attached hydrogens (tertiary/aromatic N) is 4. The fourth-order valence-electron chi connectivity index (χ4n) is 4.28. The second-order valence-electron chi connectivity index (χ2n) is 7.99. The molecule has 0 saturated heterocycles. The molecule has 0 fully saturated rings. The van der Waals surface area contributed by atoms with Crippen molar-refractivity contribution in [3.63, 3.8) is 0 Å². The monoisotopic (exact) mass is 458 g/mol. The van der Waals surface area contributed by atoms with Gasteiger partial charge in [-0.3, -0.25) is 4.79 Å². The summed E-state index contributed by atoms with van der Waals surface area (Å²) in [4.78, 5) is 17.9. The molecule has 0 spiro atoms. The van der Waals surface area contributed by atoms with Crippen LogP contribution in [0.3, 0.4) is 0 Å². The molecule has 7 nitrogen and oxygen atoms in total. The normalized spacial score (nSPS) is 13.0. The van der Waals surface area contributed by atoms with Gasteiger partial charge in [0, 0.05) is 23.0 Å². The minimum Gasteiger partial charge on any atom is -0.486 e. The zero-order chi connectivity index (χ0) is 22.5. The summed E-state index contributed by atoms with van der Waals surface area (Å²) in [5, 5.41) is 5.86. The van der Waals surface area contributed by atoms with Gasteiger partial charge in [-0.1, -0.05) is 29.8 Å². The van der Waals surface area contributed by atoms with Gasteiger partial charge in [0.25, 0.3) is 5.56 Å². The molecule has 33 heavy (non-hydrogen) atoms. The van der Waals surface area contributed by atoms with E-state index in [1.54, 1.807) is 21.5 Å². The summed E-state index contributed by atoms with van der Waals surface area (Å²) in [7, 11) is 0. The molecule has 164 valence electrons. The lowest BCUT2D eigenvalue weighted by Crippen LogP contribution is -2.21. The molecular formula is C25H19ClN4O3. The number of aromatic nitrogens is 4. The smallest absolute Gasteiger partial charge is 0.261 e. The molecule has 5 aromatic rings. The van der Waals surface area contributed by atoms with E-state index in [2.05, 4.69) is 10.1 Å². The summed E-state index contributed by atoms with van der Waals surface area (Å²) in [6.45, 7) is 3.42. The molecule has 4 heterocycles. The Morgan fingerprint density at radius 2 is 1.82 bits per heavy atom. The van der Waals surface area contributed by atoms with Crippen molar-refractivity contribution in [2.75, 3.05) is 13.2 Å². The summed E-state index contributed by atoms with van der Waals surface area (Å²) in [5.74, 6) is 1.44. The van der Waals surface area contributed by atoms with E-state index in [4.69, 9.17) is 21.1 Å². The van der Waals surface area contributed by atoms with Crippen molar-refractivity contribution in [1.82, 2.24) is 19.2 Å². The number of hydrogen-bond acceptors (Lipinski definition) is 5. The molecule has 1 aliphatic heterocycles. The summed E-state index contributed by atoms with van der Waals surface area (Å²) in [5.41, 5.74) is 4.98. The average molecular weight is 459 g/mol. The quantitative estimate of drug-likeness (QED) is 0.398. The van der Waals surface area contributed by atoms with Gasteiger partial charge in [0.15, 0.2) is 17.1 Å². The number of pyridine rings is 1. The number of ether oxygens (including phenoxy) is 2. The van der Waals surface area contributed by atoms with Crippen molar-refractivity contribution in [1.29, 1.82) is 0 Å². The molecule has 0 atom stereocenters. The van der Waals surface area contributed by atoms with Crippen LogP contribution in [0, 0.1) is 6.92 Å². The average Bonchev–Trinajstić information content (AvgIpc) is 3.17. The zero-order valence-electron chi connectivity index (χ0n) is 17.8. The maximum atomic E-state index is 13.3. The first-order chi connectivity index (χ1) is 16.1. The van der Waals surface area contributed by atoms with Crippen molar-refractivity contribution in [3.8, 4) is 22.6 Å². The lowest BCUT2D eigenvalue weighted by Gasteiger charge is -2.19. The van der Waals surface area contributed by atoms with E-state index >= 15 is 0 Å². The SMILES string of the molecule is Cc1nn2c(ncc3c(=O)n(Cc4ccc5c(c4)OCCO5)ccc32)c1-c1ccc(Cl)cc1. The van der Waals surface area contributed by atoms with Crippen LogP contribution in [0.15, 0.2) is 65.7 Å². The number of fused-ring (bicyclic) bond motifs is 4. The third kappa shape index (κ3) is 3.32. The van der Waals surface area contributed by atoms with E-state index in [1.165, 1.54) is 0 Å². The number of halogens is 1. The fourth-order valence-corrected chi connectivity index (χ4v) is 4.40. The zero-order valence-corrected chi connectivity index (χ0v) is 18.5. The van der Waals surface area contributed by atoms with Gasteiger partial charge < -0.3 is 14.0 Å². The Labute approximate surface area is 193 Å². The fraction of sp³-hybridized carbons (Fsp3) is 0.160. The highest BCUT2D eigenvalue weighted by Gasteiger charge is 2.17. The van der Waals surface area contributed by atoms with Crippen LogP contribution in [0.5, 0.6) is 11.5 Å². The van der Waals surface area contributed by atoms with E-state index in [0.717, 1.165) is 28.1 Å². The Bertz CT molecular complexity index is 1590. The number of rotatable bonds is 3. The minimum atomic E-state index is -0.127. The predicted molar refractivity (Wildman–Crippen MR) is 126 cm³/mol. The molecule has 3 aromatic heterocycles. The van der Waals surface area contributed by atoms with Crippen LogP contribution >= 0.6 is 11.6 Å². The van der Waals surface area contributed by atoms with Crippen molar-refractivity contribution in [2.24, 2.45) is 0 Å². The summed E-state index contributed by atoms with van der Waals surface area (Å²) in [6.07, 6.45) is 3.42. The Kier molecular flexibility index (Phi) is 4.58. The lowest BCUT2D eigenvalue weighted by atomic mass is 10.1. The van der Waals surface area contributed by atoms with E-state index in [9.17, 15) is 4.79 Å². The summed E-state index contributed by atoms with van der Waals surface area (Å²) in [6, 6.07) is 15.2. The van der Waals surface area contributed by atoms with Gasteiger partial charge in [-0.05, 0) is 48.4 Å². The highest BCUT2D eigenvalue weighted by molar-refractivity contribution is 6.30. The number of hydrogen-bond donors (Lipinski definition) is 0. The third-order valence-corrected chi connectivity index (χ3v) is 6.10. The lowest BCUT2D eigenvalue weighted by molar-refractivity contribution is 0.171. The highest BCUT2D eigenvalue weighted by atomic mass is 35.5. The van der Waals surface area contributed by atoms with Crippen molar-refractivity contribution >= 4 is 28.2 Å². The van der Waals surface area contributed by atoms with Crippen LogP contribution in [0.25, 0.3) is 27.7 Å². The van der Waals surface area contributed by atoms with Crippen LogP contribution in [0.2, 0.25) is 5.02 Å². The first-order valence-electron chi connectivity index (χ1n) is 10.6. The first-order valence-corrected chi connectivity index (χ1v) is 11.0. The molecule has 6 rings (SSSR count). The Morgan fingerprint density at radius 3 is 2.64 bits per heavy atom. The molecule has 0 radical (unpaired) electrons. The van der Waals surface area contributed by atoms with Gasteiger partial charge in [0.05, 0.1) is 23.1 Å². The highest BCUT2D eigenvalue weighted by Crippen LogP contribution is 2.31. The predicted octanol–water partition coefficient (Wildman–Crippen LogP) is 4.49. The van der Waals surface area contributed by atoms with E-state index in [0.29, 0.717) is 47.1 Å². The molecular weight excluding hydrogens is 440 g/mol. The first kappa shape index (κ1) is 19.8. The summed E-state index contributed by atoms with van der Waals surface area (Å²) >= 11 is 6.05. The molecule has 0 bridgehead atoms. The standard InChI is InChI=1S/C25H19ClN4O3/c1-15-23(17-3-5-18(26)6-4-17)24-27-13-19-20(30(24)28-15)8-9-29(25(19)31)14-16-2-7-21-22(12-16)33-11-10-32-21/h2-9,12-13H,10-11,14H2,1H3. The van der Waals surface area contributed by atoms with Crippen LogP contribution < -0.4 is 15.0 Å². The Morgan fingerprint density at radius 1 is 1.03 bits per heavy atom. The Balaban J connectivity index is 1.43. The van der Waals surface area contributed by atoms with E-state index in [-0.39, 0.29) is 5.56 Å². The van der Waals surface area contributed by atoms with Gasteiger partial charge in [0.1, 0.15) is 13.2 Å². The van der Waals surface area contributed by atoms with Crippen LogP contribution in [0.4, 0.5) is 0 Å². The van der Waals surface area contributed by atoms with Crippen molar-refractivity contribution < 1.29 is 9.47 Å². The second kappa shape index (κ2) is 7.64. The van der Waals surface area contributed by atoms with E-state index in [1.807, 2.05) is 55.5 Å². The molecule has 0 amide bonds. The molecule has 0 aliphatic carbocycles. The minimum absolute atomic E-state index is 0.127. The molecule has 0 unspecified atom stereocenters.